The van der Waals surface area contributed by atoms with Crippen LogP contribution in [0.3, 0.4) is 0 Å². The second kappa shape index (κ2) is 7.77. The first-order valence-electron chi connectivity index (χ1n) is 7.90. The van der Waals surface area contributed by atoms with E-state index in [1.54, 1.807) is 29.2 Å². The van der Waals surface area contributed by atoms with E-state index < -0.39 is 5.97 Å². The molecular weight excluding hydrogens is 292 g/mol. The minimum Gasteiger partial charge on any atom is -0.452 e. The normalized spacial score (nSPS) is 20.7. The molecule has 1 amide bonds. The number of hydrogen-bond acceptors (Lipinski definition) is 4. The number of rotatable bonds is 4. The number of carbonyl (C=O) groups is 2. The van der Waals surface area contributed by atoms with Gasteiger partial charge in [0.1, 0.15) is 0 Å². The monoisotopic (exact) mass is 314 g/mol. The highest BCUT2D eigenvalue weighted by Crippen LogP contribution is 2.21. The summed E-state index contributed by atoms with van der Waals surface area (Å²) in [6, 6.07) is 8.78. The van der Waals surface area contributed by atoms with Crippen LogP contribution in [-0.2, 0) is 16.0 Å². The minimum atomic E-state index is -0.531. The summed E-state index contributed by atoms with van der Waals surface area (Å²) in [5.41, 5.74) is 1.12. The van der Waals surface area contributed by atoms with Crippen LogP contribution in [0.2, 0.25) is 0 Å². The average molecular weight is 314 g/mol. The Morgan fingerprint density at radius 2 is 2.00 bits per heavy atom. The number of carbonyl (C=O) groups excluding carboxylic acids is 2. The molecule has 0 radical (unpaired) electrons. The van der Waals surface area contributed by atoms with Crippen LogP contribution in [0.25, 0.3) is 0 Å². The van der Waals surface area contributed by atoms with Gasteiger partial charge in [0, 0.05) is 13.1 Å². The molecule has 2 rings (SSSR count). The number of ether oxygens (including phenoxy) is 1. The molecule has 122 valence electrons. The van der Waals surface area contributed by atoms with Gasteiger partial charge < -0.3 is 9.64 Å². The van der Waals surface area contributed by atoms with Gasteiger partial charge in [-0.3, -0.25) is 4.79 Å². The third kappa shape index (κ3) is 4.82. The van der Waals surface area contributed by atoms with Crippen molar-refractivity contribution in [3.63, 3.8) is 0 Å². The fourth-order valence-electron chi connectivity index (χ4n) is 3.07. The highest BCUT2D eigenvalue weighted by Gasteiger charge is 2.26. The van der Waals surface area contributed by atoms with Crippen molar-refractivity contribution in [1.82, 2.24) is 4.90 Å². The van der Waals surface area contributed by atoms with Gasteiger partial charge in [-0.15, -0.1) is 0 Å². The molecule has 0 aliphatic carbocycles. The second-order valence-corrected chi connectivity index (χ2v) is 6.36. The zero-order valence-electron chi connectivity index (χ0n) is 13.6. The third-order valence-electron chi connectivity index (χ3n) is 3.99. The Morgan fingerprint density at radius 3 is 2.65 bits per heavy atom. The molecule has 1 aromatic carbocycles. The van der Waals surface area contributed by atoms with Crippen LogP contribution in [-0.4, -0.2) is 36.5 Å². The van der Waals surface area contributed by atoms with Crippen LogP contribution >= 0.6 is 0 Å². The Balaban J connectivity index is 1.90. The maximum absolute atomic E-state index is 12.2. The summed E-state index contributed by atoms with van der Waals surface area (Å²) in [6.45, 7) is 5.46. The number of likely N-dealkylation sites (tertiary alicyclic amines) is 1. The lowest BCUT2D eigenvalue weighted by atomic mass is 9.92. The number of esters is 1. The van der Waals surface area contributed by atoms with Crippen molar-refractivity contribution < 1.29 is 14.3 Å². The number of nitrogens with zero attached hydrogens (tertiary/aromatic N) is 2. The smallest absolute Gasteiger partial charge is 0.338 e. The molecule has 2 atom stereocenters. The second-order valence-electron chi connectivity index (χ2n) is 6.36. The van der Waals surface area contributed by atoms with Crippen molar-refractivity contribution in [3.05, 3.63) is 35.4 Å². The van der Waals surface area contributed by atoms with Crippen molar-refractivity contribution in [2.45, 2.75) is 26.7 Å². The summed E-state index contributed by atoms with van der Waals surface area (Å²) in [7, 11) is 0. The Morgan fingerprint density at radius 1 is 1.30 bits per heavy atom. The SMILES string of the molecule is CC1CC(C)CN(C(=O)COC(=O)c2cccc(CC#N)c2)C1. The minimum absolute atomic E-state index is 0.148. The fourth-order valence-corrected chi connectivity index (χ4v) is 3.07. The zero-order chi connectivity index (χ0) is 16.8. The van der Waals surface area contributed by atoms with Gasteiger partial charge in [-0.2, -0.15) is 5.26 Å². The third-order valence-corrected chi connectivity index (χ3v) is 3.99. The quantitative estimate of drug-likeness (QED) is 0.800. The van der Waals surface area contributed by atoms with Crippen molar-refractivity contribution >= 4 is 11.9 Å². The average Bonchev–Trinajstić information content (AvgIpc) is 2.52. The molecule has 2 unspecified atom stereocenters. The van der Waals surface area contributed by atoms with Crippen molar-refractivity contribution in [2.75, 3.05) is 19.7 Å². The van der Waals surface area contributed by atoms with Gasteiger partial charge in [0.25, 0.3) is 5.91 Å². The summed E-state index contributed by atoms with van der Waals surface area (Å²) in [4.78, 5) is 26.0. The molecule has 23 heavy (non-hydrogen) atoms. The van der Waals surface area contributed by atoms with Gasteiger partial charge in [0.15, 0.2) is 6.61 Å². The lowest BCUT2D eigenvalue weighted by Crippen LogP contribution is -2.44. The van der Waals surface area contributed by atoms with E-state index in [1.807, 2.05) is 6.07 Å². The molecule has 1 saturated heterocycles. The van der Waals surface area contributed by atoms with E-state index >= 15 is 0 Å². The number of hydrogen-bond donors (Lipinski definition) is 0. The van der Waals surface area contributed by atoms with Crippen LogP contribution in [0.15, 0.2) is 24.3 Å². The highest BCUT2D eigenvalue weighted by atomic mass is 16.5. The molecule has 1 aliphatic rings. The van der Waals surface area contributed by atoms with Gasteiger partial charge in [-0.25, -0.2) is 4.79 Å². The van der Waals surface area contributed by atoms with Crippen LogP contribution in [0.5, 0.6) is 0 Å². The van der Waals surface area contributed by atoms with Crippen molar-refractivity contribution in [3.8, 4) is 6.07 Å². The molecule has 1 aliphatic heterocycles. The van der Waals surface area contributed by atoms with Crippen LogP contribution < -0.4 is 0 Å². The highest BCUT2D eigenvalue weighted by molar-refractivity contribution is 5.91. The number of benzene rings is 1. The summed E-state index contributed by atoms with van der Waals surface area (Å²) >= 11 is 0. The summed E-state index contributed by atoms with van der Waals surface area (Å²) in [5, 5.41) is 8.70. The fraction of sp³-hybridized carbons (Fsp3) is 0.500. The van der Waals surface area contributed by atoms with E-state index in [4.69, 9.17) is 10.00 Å². The summed E-state index contributed by atoms with van der Waals surface area (Å²) in [6.07, 6.45) is 1.36. The van der Waals surface area contributed by atoms with E-state index in [0.29, 0.717) is 17.4 Å². The first kappa shape index (κ1) is 17.0. The van der Waals surface area contributed by atoms with Gasteiger partial charge in [-0.05, 0) is 36.0 Å². The Hall–Kier alpha value is -2.35. The number of amides is 1. The summed E-state index contributed by atoms with van der Waals surface area (Å²) in [5.74, 6) is 0.267. The number of piperidine rings is 1. The summed E-state index contributed by atoms with van der Waals surface area (Å²) < 4.78 is 5.13. The predicted octanol–water partition coefficient (Wildman–Crippen LogP) is 2.41. The lowest BCUT2D eigenvalue weighted by Gasteiger charge is -2.34. The van der Waals surface area contributed by atoms with E-state index in [-0.39, 0.29) is 18.9 Å². The van der Waals surface area contributed by atoms with Crippen LogP contribution in [0.1, 0.15) is 36.2 Å². The lowest BCUT2D eigenvalue weighted by molar-refractivity contribution is -0.137. The molecule has 5 heteroatoms. The molecular formula is C18H22N2O3. The van der Waals surface area contributed by atoms with Crippen molar-refractivity contribution in [1.29, 1.82) is 5.26 Å². The van der Waals surface area contributed by atoms with Gasteiger partial charge >= 0.3 is 5.97 Å². The Labute approximate surface area is 136 Å². The van der Waals surface area contributed by atoms with E-state index in [0.717, 1.165) is 25.1 Å². The molecule has 1 heterocycles. The molecule has 1 fully saturated rings. The van der Waals surface area contributed by atoms with Gasteiger partial charge in [-0.1, -0.05) is 26.0 Å². The Bertz CT molecular complexity index is 611. The maximum atomic E-state index is 12.2. The zero-order valence-corrected chi connectivity index (χ0v) is 13.6. The molecule has 0 saturated carbocycles. The van der Waals surface area contributed by atoms with Gasteiger partial charge in [0.05, 0.1) is 18.1 Å². The predicted molar refractivity (Wildman–Crippen MR) is 85.6 cm³/mol. The van der Waals surface area contributed by atoms with Crippen LogP contribution in [0.4, 0.5) is 0 Å². The van der Waals surface area contributed by atoms with Crippen molar-refractivity contribution in [2.24, 2.45) is 11.8 Å². The Kier molecular flexibility index (Phi) is 5.75. The first-order chi connectivity index (χ1) is 11.0. The van der Waals surface area contributed by atoms with E-state index in [1.165, 1.54) is 0 Å². The largest absolute Gasteiger partial charge is 0.452 e. The molecule has 0 N–H and O–H groups in total. The van der Waals surface area contributed by atoms with E-state index in [9.17, 15) is 9.59 Å². The molecule has 1 aromatic rings. The topological polar surface area (TPSA) is 70.4 Å². The maximum Gasteiger partial charge on any atom is 0.338 e. The molecule has 0 bridgehead atoms. The van der Waals surface area contributed by atoms with Crippen LogP contribution in [0, 0.1) is 23.2 Å². The molecule has 0 aromatic heterocycles. The molecule has 0 spiro atoms. The molecule has 5 nitrogen and oxygen atoms in total. The standard InChI is InChI=1S/C18H22N2O3/c1-13-8-14(2)11-20(10-13)17(21)12-23-18(22)16-5-3-4-15(9-16)6-7-19/h3-5,9,13-14H,6,8,10-12H2,1-2H3. The van der Waals surface area contributed by atoms with Gasteiger partial charge in [0.2, 0.25) is 0 Å². The number of nitriles is 1. The van der Waals surface area contributed by atoms with E-state index in [2.05, 4.69) is 13.8 Å². The first-order valence-corrected chi connectivity index (χ1v) is 7.90.